The first kappa shape index (κ1) is 20.7. The van der Waals surface area contributed by atoms with Gasteiger partial charge in [-0.05, 0) is 12.1 Å². The molecule has 0 spiro atoms. The van der Waals surface area contributed by atoms with Gasteiger partial charge >= 0.3 is 0 Å². The van der Waals surface area contributed by atoms with Crippen molar-refractivity contribution in [2.24, 2.45) is 0 Å². The van der Waals surface area contributed by atoms with Crippen LogP contribution in [-0.2, 0) is 9.59 Å². The van der Waals surface area contributed by atoms with E-state index < -0.39 is 0 Å². The smallest absolute Gasteiger partial charge is 0.221 e. The zero-order valence-corrected chi connectivity index (χ0v) is 15.7. The van der Waals surface area contributed by atoms with Crippen molar-refractivity contribution >= 4 is 23.3 Å². The van der Waals surface area contributed by atoms with E-state index in [1.54, 1.807) is 48.5 Å². The lowest BCUT2D eigenvalue weighted by atomic mass is 10.1. The van der Waals surface area contributed by atoms with Crippen LogP contribution in [0.1, 0.15) is 30.1 Å². The molecule has 28 heavy (non-hydrogen) atoms. The van der Waals surface area contributed by atoms with Gasteiger partial charge in [0.05, 0.1) is 6.54 Å². The van der Waals surface area contributed by atoms with Gasteiger partial charge in [-0.15, -0.1) is 0 Å². The van der Waals surface area contributed by atoms with E-state index in [-0.39, 0.29) is 43.6 Å². The van der Waals surface area contributed by atoms with Gasteiger partial charge in [-0.2, -0.15) is 0 Å². The molecule has 0 bridgehead atoms. The number of ketones is 1. The summed E-state index contributed by atoms with van der Waals surface area (Å²) >= 11 is 0. The normalized spacial score (nSPS) is 9.61. The highest BCUT2D eigenvalue weighted by molar-refractivity contribution is 5.97. The monoisotopic (exact) mass is 378 g/mol. The minimum absolute atomic E-state index is 0.0586. The summed E-state index contributed by atoms with van der Waals surface area (Å²) < 4.78 is 5.48. The largest absolute Gasteiger partial charge is 0.481 e. The van der Waals surface area contributed by atoms with Crippen LogP contribution in [-0.4, -0.2) is 30.7 Å². The van der Waals surface area contributed by atoms with Crippen LogP contribution in [0.5, 0.6) is 5.75 Å². The quantitative estimate of drug-likeness (QED) is 0.546. The summed E-state index contributed by atoms with van der Waals surface area (Å²) in [5.41, 5.74) is 1.25. The number of amides is 2. The fourth-order valence-electron chi connectivity index (χ4n) is 2.33. The molecule has 0 fully saturated rings. The Hall–Kier alpha value is -3.59. The highest BCUT2D eigenvalue weighted by atomic mass is 16.5. The average Bonchev–Trinajstić information content (AvgIpc) is 2.69. The number of Topliss-reactive ketones (excluding diaryl/α,β-unsaturated/α-hetero) is 1. The zero-order chi connectivity index (χ0) is 20.2. The molecule has 0 radical (unpaired) electrons. The van der Waals surface area contributed by atoms with E-state index in [2.05, 4.69) is 22.5 Å². The van der Waals surface area contributed by atoms with E-state index in [9.17, 15) is 14.4 Å². The molecule has 0 saturated carbocycles. The molecule has 0 atom stereocenters. The number of hydrogen-bond donors (Lipinski definition) is 2. The number of carbonyl (C=O) groups excluding carboxylic acids is 3. The van der Waals surface area contributed by atoms with Gasteiger partial charge in [-0.3, -0.25) is 14.4 Å². The Morgan fingerprint density at radius 1 is 0.964 bits per heavy atom. The third-order valence-corrected chi connectivity index (χ3v) is 3.64. The Kier molecular flexibility index (Phi) is 8.28. The van der Waals surface area contributed by atoms with Crippen LogP contribution in [0.3, 0.4) is 0 Å². The van der Waals surface area contributed by atoms with Gasteiger partial charge in [0.1, 0.15) is 12.4 Å². The number of hydrogen-bond acceptors (Lipinski definition) is 4. The molecule has 144 valence electrons. The van der Waals surface area contributed by atoms with Gasteiger partial charge in [0.25, 0.3) is 0 Å². The molecular formula is C22H22N2O4. The van der Waals surface area contributed by atoms with Crippen LogP contribution < -0.4 is 15.4 Å². The van der Waals surface area contributed by atoms with Crippen LogP contribution in [0, 0.1) is 11.8 Å². The van der Waals surface area contributed by atoms with E-state index in [0.29, 0.717) is 17.0 Å². The summed E-state index contributed by atoms with van der Waals surface area (Å²) in [6, 6.07) is 15.9. The highest BCUT2D eigenvalue weighted by Crippen LogP contribution is 2.16. The van der Waals surface area contributed by atoms with Gasteiger partial charge in [0, 0.05) is 37.1 Å². The Morgan fingerprint density at radius 2 is 1.75 bits per heavy atom. The van der Waals surface area contributed by atoms with E-state index in [4.69, 9.17) is 4.74 Å². The number of anilines is 1. The standard InChI is InChI=1S/C22H22N2O4/c1-17(25)24-19-10-7-11-20(16-19)28-15-6-5-14-23-22(27)13-12-21(26)18-8-3-2-4-9-18/h2-4,7-11,16H,12-15H2,1H3,(H,23,27)(H,24,25). The van der Waals surface area contributed by atoms with Crippen LogP contribution >= 0.6 is 0 Å². The van der Waals surface area contributed by atoms with Crippen LogP contribution in [0.25, 0.3) is 0 Å². The first-order valence-corrected chi connectivity index (χ1v) is 8.85. The summed E-state index contributed by atoms with van der Waals surface area (Å²) in [5, 5.41) is 5.32. The van der Waals surface area contributed by atoms with E-state index in [0.717, 1.165) is 0 Å². The Bertz CT molecular complexity index is 882. The van der Waals surface area contributed by atoms with Crippen molar-refractivity contribution in [2.75, 3.05) is 18.5 Å². The number of carbonyl (C=O) groups is 3. The van der Waals surface area contributed by atoms with Crippen molar-refractivity contribution in [3.05, 3.63) is 60.2 Å². The van der Waals surface area contributed by atoms with Crippen LogP contribution in [0.2, 0.25) is 0 Å². The van der Waals surface area contributed by atoms with Crippen molar-refractivity contribution < 1.29 is 19.1 Å². The van der Waals surface area contributed by atoms with Crippen LogP contribution in [0.15, 0.2) is 54.6 Å². The second kappa shape index (κ2) is 11.2. The summed E-state index contributed by atoms with van der Waals surface area (Å²) in [6.07, 6.45) is 0.291. The highest BCUT2D eigenvalue weighted by Gasteiger charge is 2.08. The molecule has 2 rings (SSSR count). The SMILES string of the molecule is CC(=O)Nc1cccc(OCC#CCNC(=O)CCC(=O)c2ccccc2)c1. The molecule has 0 unspecified atom stereocenters. The molecule has 0 aliphatic rings. The van der Waals surface area contributed by atoms with E-state index >= 15 is 0 Å². The Morgan fingerprint density at radius 3 is 2.50 bits per heavy atom. The lowest BCUT2D eigenvalue weighted by molar-refractivity contribution is -0.120. The minimum atomic E-state index is -0.220. The predicted molar refractivity (Wildman–Crippen MR) is 107 cm³/mol. The van der Waals surface area contributed by atoms with Gasteiger partial charge < -0.3 is 15.4 Å². The molecule has 2 N–H and O–H groups in total. The predicted octanol–water partition coefficient (Wildman–Crippen LogP) is 2.81. The molecule has 0 aromatic heterocycles. The van der Waals surface area contributed by atoms with Gasteiger partial charge in [-0.1, -0.05) is 48.2 Å². The molecule has 2 aromatic rings. The van der Waals surface area contributed by atoms with Crippen molar-refractivity contribution in [1.82, 2.24) is 5.32 Å². The maximum Gasteiger partial charge on any atom is 0.221 e. The molecule has 6 nitrogen and oxygen atoms in total. The Balaban J connectivity index is 1.64. The van der Waals surface area contributed by atoms with Crippen molar-refractivity contribution in [1.29, 1.82) is 0 Å². The molecule has 2 amide bonds. The molecule has 0 saturated heterocycles. The molecule has 0 heterocycles. The summed E-state index contributed by atoms with van der Waals surface area (Å²) in [5.74, 6) is 5.74. The maximum absolute atomic E-state index is 11.9. The lowest BCUT2D eigenvalue weighted by Gasteiger charge is -2.05. The summed E-state index contributed by atoms with van der Waals surface area (Å²) in [7, 11) is 0. The van der Waals surface area contributed by atoms with Gasteiger partial charge in [0.2, 0.25) is 11.8 Å². The molecular weight excluding hydrogens is 356 g/mol. The lowest BCUT2D eigenvalue weighted by Crippen LogP contribution is -2.24. The fraction of sp³-hybridized carbons (Fsp3) is 0.227. The topological polar surface area (TPSA) is 84.5 Å². The maximum atomic E-state index is 11.9. The zero-order valence-electron chi connectivity index (χ0n) is 15.7. The van der Waals surface area contributed by atoms with Crippen LogP contribution in [0.4, 0.5) is 5.69 Å². The van der Waals surface area contributed by atoms with Gasteiger partial charge in [0.15, 0.2) is 5.78 Å². The first-order chi connectivity index (χ1) is 13.5. The first-order valence-electron chi connectivity index (χ1n) is 8.85. The second-order valence-corrected chi connectivity index (χ2v) is 5.92. The van der Waals surface area contributed by atoms with E-state index in [1.807, 2.05) is 6.07 Å². The third-order valence-electron chi connectivity index (χ3n) is 3.64. The Labute approximate surface area is 164 Å². The molecule has 0 aliphatic carbocycles. The molecule has 6 heteroatoms. The van der Waals surface area contributed by atoms with E-state index in [1.165, 1.54) is 6.92 Å². The number of nitrogens with one attached hydrogen (secondary N) is 2. The minimum Gasteiger partial charge on any atom is -0.481 e. The molecule has 0 aliphatic heterocycles. The summed E-state index contributed by atoms with van der Waals surface area (Å²) in [4.78, 5) is 34.7. The number of benzene rings is 2. The third kappa shape index (κ3) is 7.75. The number of ether oxygens (including phenoxy) is 1. The van der Waals surface area contributed by atoms with Crippen molar-refractivity contribution in [3.8, 4) is 17.6 Å². The fourth-order valence-corrected chi connectivity index (χ4v) is 2.33. The molecule has 2 aromatic carbocycles. The summed E-state index contributed by atoms with van der Waals surface area (Å²) in [6.45, 7) is 1.78. The van der Waals surface area contributed by atoms with Gasteiger partial charge in [-0.25, -0.2) is 0 Å². The average molecular weight is 378 g/mol. The van der Waals surface area contributed by atoms with Crippen molar-refractivity contribution in [3.63, 3.8) is 0 Å². The second-order valence-electron chi connectivity index (χ2n) is 5.92. The van der Waals surface area contributed by atoms with Crippen molar-refractivity contribution in [2.45, 2.75) is 19.8 Å². The number of rotatable bonds is 8.